The van der Waals surface area contributed by atoms with Gasteiger partial charge in [-0.05, 0) is 18.6 Å². The molecule has 9 nitrogen and oxygen atoms in total. The molecule has 1 aliphatic heterocycles. The minimum absolute atomic E-state index is 0.0838. The fraction of sp³-hybridized carbons (Fsp3) is 0.389. The smallest absolute Gasteiger partial charge is 0.290 e. The number of hydrogen-bond acceptors (Lipinski definition) is 7. The number of nitrogens with zero attached hydrogens (tertiary/aromatic N) is 3. The van der Waals surface area contributed by atoms with Crippen LogP contribution in [0.2, 0.25) is 0 Å². The third-order valence-corrected chi connectivity index (χ3v) is 4.99. The van der Waals surface area contributed by atoms with E-state index in [0.29, 0.717) is 24.8 Å². The molecule has 1 unspecified atom stereocenters. The van der Waals surface area contributed by atoms with Crippen molar-refractivity contribution < 1.29 is 24.2 Å². The number of nitrogens with one attached hydrogen (secondary N) is 1. The molecule has 28 heavy (non-hydrogen) atoms. The highest BCUT2D eigenvalue weighted by Crippen LogP contribution is 2.28. The van der Waals surface area contributed by atoms with Gasteiger partial charge in [0, 0.05) is 13.0 Å². The van der Waals surface area contributed by atoms with Crippen molar-refractivity contribution in [3.63, 3.8) is 0 Å². The Morgan fingerprint density at radius 3 is 2.75 bits per heavy atom. The molecule has 1 fully saturated rings. The molecule has 1 atom stereocenters. The molecule has 1 saturated heterocycles. The molecule has 2 N–H and O–H groups in total. The first-order valence-electron chi connectivity index (χ1n) is 8.75. The van der Waals surface area contributed by atoms with E-state index in [1.54, 1.807) is 4.90 Å². The van der Waals surface area contributed by atoms with Gasteiger partial charge in [0.2, 0.25) is 16.9 Å². The van der Waals surface area contributed by atoms with E-state index in [-0.39, 0.29) is 30.6 Å². The van der Waals surface area contributed by atoms with Crippen LogP contribution in [0.3, 0.4) is 0 Å². The van der Waals surface area contributed by atoms with Crippen LogP contribution in [0.25, 0.3) is 0 Å². The zero-order valence-corrected chi connectivity index (χ0v) is 16.2. The van der Waals surface area contributed by atoms with Crippen LogP contribution in [0.5, 0.6) is 5.75 Å². The van der Waals surface area contributed by atoms with E-state index in [1.165, 1.54) is 11.3 Å². The Morgan fingerprint density at radius 2 is 2.11 bits per heavy atom. The third-order valence-electron chi connectivity index (χ3n) is 3.90. The molecule has 150 valence electrons. The lowest BCUT2D eigenvalue weighted by Crippen LogP contribution is -2.35. The molecule has 0 bridgehead atoms. The Labute approximate surface area is 166 Å². The molecule has 1 aromatic carbocycles. The second-order valence-electron chi connectivity index (χ2n) is 5.80. The van der Waals surface area contributed by atoms with Crippen LogP contribution >= 0.6 is 11.3 Å². The van der Waals surface area contributed by atoms with Crippen LogP contribution < -0.4 is 15.0 Å². The number of aromatic nitrogens is 2. The van der Waals surface area contributed by atoms with Crippen LogP contribution in [0.4, 0.5) is 5.13 Å². The highest BCUT2D eigenvalue weighted by Gasteiger charge is 2.36. The molecule has 1 aromatic heterocycles. The Balaban J connectivity index is 0.000000878. The second-order valence-corrected chi connectivity index (χ2v) is 6.84. The lowest BCUT2D eigenvalue weighted by molar-refractivity contribution is -0.126. The Morgan fingerprint density at radius 1 is 1.39 bits per heavy atom. The summed E-state index contributed by atoms with van der Waals surface area (Å²) in [5, 5.41) is 19.2. The van der Waals surface area contributed by atoms with Crippen molar-refractivity contribution in [2.75, 3.05) is 24.6 Å². The SMILES string of the molecule is CCc1nnc(N2CC(C(=O)NCCOc3ccccc3)CC2=O)s1.O=CO. The van der Waals surface area contributed by atoms with Gasteiger partial charge in [0.25, 0.3) is 6.47 Å². The van der Waals surface area contributed by atoms with Gasteiger partial charge >= 0.3 is 0 Å². The maximum absolute atomic E-state index is 12.3. The molecule has 0 saturated carbocycles. The summed E-state index contributed by atoms with van der Waals surface area (Å²) in [7, 11) is 0. The van der Waals surface area contributed by atoms with Crippen molar-refractivity contribution in [2.24, 2.45) is 5.92 Å². The Bertz CT molecular complexity index is 783. The number of carbonyl (C=O) groups is 3. The van der Waals surface area contributed by atoms with Gasteiger partial charge in [-0.3, -0.25) is 19.3 Å². The minimum atomic E-state index is -0.363. The van der Waals surface area contributed by atoms with E-state index in [0.717, 1.165) is 17.2 Å². The average Bonchev–Trinajstić information content (AvgIpc) is 3.33. The van der Waals surface area contributed by atoms with Gasteiger partial charge in [-0.1, -0.05) is 36.5 Å². The highest BCUT2D eigenvalue weighted by atomic mass is 32.1. The first-order chi connectivity index (χ1) is 13.6. The van der Waals surface area contributed by atoms with E-state index in [1.807, 2.05) is 37.3 Å². The summed E-state index contributed by atoms with van der Waals surface area (Å²) in [4.78, 5) is 34.3. The summed E-state index contributed by atoms with van der Waals surface area (Å²) in [5.74, 6) is 0.187. The fourth-order valence-corrected chi connectivity index (χ4v) is 3.37. The Kier molecular flexibility index (Phi) is 8.35. The number of para-hydroxylation sites is 1. The first kappa shape index (κ1) is 21.3. The van der Waals surface area contributed by atoms with E-state index in [9.17, 15) is 9.59 Å². The van der Waals surface area contributed by atoms with Gasteiger partial charge < -0.3 is 15.2 Å². The highest BCUT2D eigenvalue weighted by molar-refractivity contribution is 7.15. The number of carboxylic acid groups (broad SMARTS) is 1. The number of ether oxygens (including phenoxy) is 1. The molecule has 0 aliphatic carbocycles. The Hall–Kier alpha value is -3.01. The number of benzene rings is 1. The predicted octanol–water partition coefficient (Wildman–Crippen LogP) is 1.35. The van der Waals surface area contributed by atoms with Crippen molar-refractivity contribution in [3.05, 3.63) is 35.3 Å². The number of aryl methyl sites for hydroxylation is 1. The maximum Gasteiger partial charge on any atom is 0.290 e. The largest absolute Gasteiger partial charge is 0.492 e. The van der Waals surface area contributed by atoms with Gasteiger partial charge in [0.05, 0.1) is 12.5 Å². The van der Waals surface area contributed by atoms with Crippen molar-refractivity contribution in [3.8, 4) is 5.75 Å². The molecule has 3 rings (SSSR count). The lowest BCUT2D eigenvalue weighted by atomic mass is 10.1. The number of anilines is 1. The quantitative estimate of drug-likeness (QED) is 0.526. The summed E-state index contributed by atoms with van der Waals surface area (Å²) in [6, 6.07) is 9.43. The first-order valence-corrected chi connectivity index (χ1v) is 9.56. The van der Waals surface area contributed by atoms with Crippen molar-refractivity contribution >= 4 is 34.8 Å². The lowest BCUT2D eigenvalue weighted by Gasteiger charge is -2.13. The second kappa shape index (κ2) is 11.0. The molecule has 10 heteroatoms. The normalized spacial score (nSPS) is 15.5. The van der Waals surface area contributed by atoms with Gasteiger partial charge in [0.1, 0.15) is 17.4 Å². The van der Waals surface area contributed by atoms with E-state index < -0.39 is 0 Å². The van der Waals surface area contributed by atoms with Crippen LogP contribution in [0, 0.1) is 5.92 Å². The van der Waals surface area contributed by atoms with E-state index >= 15 is 0 Å². The summed E-state index contributed by atoms with van der Waals surface area (Å²) in [6.07, 6.45) is 0.984. The molecule has 1 aliphatic rings. The van der Waals surface area contributed by atoms with Gasteiger partial charge in [-0.15, -0.1) is 10.2 Å². The zero-order valence-electron chi connectivity index (χ0n) is 15.4. The van der Waals surface area contributed by atoms with Gasteiger partial charge in [0.15, 0.2) is 0 Å². The summed E-state index contributed by atoms with van der Waals surface area (Å²) >= 11 is 1.40. The monoisotopic (exact) mass is 406 g/mol. The minimum Gasteiger partial charge on any atom is -0.492 e. The van der Waals surface area contributed by atoms with E-state index in [4.69, 9.17) is 14.6 Å². The standard InChI is InChI=1S/C17H20N4O3S.CH2O2/c1-2-14-19-20-17(25-14)21-11-12(10-15(21)22)16(23)18-8-9-24-13-6-4-3-5-7-13;2-1-3/h3-7,12H,2,8-11H2,1H3,(H,18,23);1H,(H,2,3). The topological polar surface area (TPSA) is 122 Å². The summed E-state index contributed by atoms with van der Waals surface area (Å²) in [5.41, 5.74) is 0. The molecular formula is C18H22N4O5S. The van der Waals surface area contributed by atoms with Crippen molar-refractivity contribution in [1.29, 1.82) is 0 Å². The maximum atomic E-state index is 12.3. The zero-order chi connectivity index (χ0) is 20.4. The molecule has 2 heterocycles. The van der Waals surface area contributed by atoms with Crippen molar-refractivity contribution in [1.82, 2.24) is 15.5 Å². The van der Waals surface area contributed by atoms with Gasteiger partial charge in [-0.2, -0.15) is 0 Å². The van der Waals surface area contributed by atoms with Gasteiger partial charge in [-0.25, -0.2) is 0 Å². The van der Waals surface area contributed by atoms with Crippen molar-refractivity contribution in [2.45, 2.75) is 19.8 Å². The molecule has 0 spiro atoms. The number of hydrogen-bond donors (Lipinski definition) is 2. The predicted molar refractivity (Wildman–Crippen MR) is 103 cm³/mol. The van der Waals surface area contributed by atoms with Crippen LogP contribution in [-0.4, -0.2) is 53.3 Å². The molecule has 2 aromatic rings. The molecule has 0 radical (unpaired) electrons. The summed E-state index contributed by atoms with van der Waals surface area (Å²) in [6.45, 7) is 2.88. The van der Waals surface area contributed by atoms with Crippen LogP contribution in [0.1, 0.15) is 18.4 Å². The number of rotatable bonds is 7. The number of amides is 2. The number of carbonyl (C=O) groups excluding carboxylic acids is 2. The summed E-state index contributed by atoms with van der Waals surface area (Å²) < 4.78 is 5.54. The fourth-order valence-electron chi connectivity index (χ4n) is 2.57. The third kappa shape index (κ3) is 6.02. The van der Waals surface area contributed by atoms with Crippen LogP contribution in [0.15, 0.2) is 30.3 Å². The average molecular weight is 406 g/mol. The molecule has 2 amide bonds. The molecular weight excluding hydrogens is 384 g/mol. The van der Waals surface area contributed by atoms with E-state index in [2.05, 4.69) is 15.5 Å². The van der Waals surface area contributed by atoms with Crippen LogP contribution in [-0.2, 0) is 20.8 Å².